The number of pyridine rings is 1. The predicted molar refractivity (Wildman–Crippen MR) is 99.4 cm³/mol. The summed E-state index contributed by atoms with van der Waals surface area (Å²) in [7, 11) is 0. The molecule has 0 aliphatic heterocycles. The predicted octanol–water partition coefficient (Wildman–Crippen LogP) is 4.53. The van der Waals surface area contributed by atoms with Crippen molar-refractivity contribution in [1.82, 2.24) is 21.1 Å². The highest BCUT2D eigenvalue weighted by Crippen LogP contribution is 2.34. The molecule has 0 fully saturated rings. The Morgan fingerprint density at radius 2 is 1.62 bits per heavy atom. The molecule has 5 nitrogen and oxygen atoms in total. The average molecular weight is 342 g/mol. The number of hydrogen-bond acceptors (Lipinski definition) is 5. The van der Waals surface area contributed by atoms with Gasteiger partial charge in [0.1, 0.15) is 5.15 Å². The summed E-state index contributed by atoms with van der Waals surface area (Å²) in [4.78, 5) is 12.8. The zero-order valence-electron chi connectivity index (χ0n) is 14.0. The molecule has 0 unspecified atom stereocenters. The lowest BCUT2D eigenvalue weighted by Gasteiger charge is -2.15. The van der Waals surface area contributed by atoms with Gasteiger partial charge in [0.15, 0.2) is 0 Å². The number of nitrogens with zero attached hydrogens (tertiary/aromatic N) is 3. The summed E-state index contributed by atoms with van der Waals surface area (Å²) >= 11 is 5.89. The molecule has 0 amide bonds. The van der Waals surface area contributed by atoms with Crippen LogP contribution in [0.4, 0.5) is 5.95 Å². The molecule has 0 saturated heterocycles. The number of aryl methyl sites for hydroxylation is 3. The van der Waals surface area contributed by atoms with E-state index in [1.54, 1.807) is 18.5 Å². The first-order valence-electron chi connectivity index (χ1n) is 7.28. The van der Waals surface area contributed by atoms with Crippen LogP contribution < -0.4 is 11.9 Å². The van der Waals surface area contributed by atoms with Crippen LogP contribution in [-0.2, 0) is 0 Å². The largest absolute Gasteiger partial charge is 0.368 e. The highest BCUT2D eigenvalue weighted by molar-refractivity contribution is 6.29. The van der Waals surface area contributed by atoms with Crippen LogP contribution in [-0.4, -0.2) is 15.0 Å². The van der Waals surface area contributed by atoms with Crippen molar-refractivity contribution >= 4 is 17.5 Å². The minimum absolute atomic E-state index is 0. The van der Waals surface area contributed by atoms with Gasteiger partial charge in [-0.2, -0.15) is 0 Å². The summed E-state index contributed by atoms with van der Waals surface area (Å²) in [6.45, 7) is 6.25. The monoisotopic (exact) mass is 341 g/mol. The van der Waals surface area contributed by atoms with Crippen LogP contribution in [0.15, 0.2) is 36.7 Å². The van der Waals surface area contributed by atoms with Crippen LogP contribution in [0.3, 0.4) is 0 Å². The summed E-state index contributed by atoms with van der Waals surface area (Å²) in [5.74, 6) is 0.255. The van der Waals surface area contributed by atoms with Gasteiger partial charge in [0.25, 0.3) is 0 Å². The Balaban J connectivity index is 0.00000208. The Labute approximate surface area is 146 Å². The number of hydrogen-bond donors (Lipinski definition) is 2. The molecule has 2 aromatic heterocycles. The fourth-order valence-corrected chi connectivity index (χ4v) is 3.00. The van der Waals surface area contributed by atoms with Gasteiger partial charge in [0.05, 0.1) is 5.69 Å². The van der Waals surface area contributed by atoms with Crippen LogP contribution in [0.2, 0.25) is 5.15 Å². The second-order valence-corrected chi connectivity index (χ2v) is 6.02. The van der Waals surface area contributed by atoms with E-state index in [-0.39, 0.29) is 12.1 Å². The Morgan fingerprint density at radius 1 is 0.958 bits per heavy atom. The maximum absolute atomic E-state index is 5.89. The third-order valence-electron chi connectivity index (χ3n) is 3.76. The first-order valence-corrected chi connectivity index (χ1v) is 7.66. The Bertz CT molecular complexity index is 852. The van der Waals surface area contributed by atoms with Crippen molar-refractivity contribution in [2.75, 3.05) is 5.73 Å². The summed E-state index contributed by atoms with van der Waals surface area (Å²) in [6, 6.07) is 7.95. The van der Waals surface area contributed by atoms with Gasteiger partial charge in [-0.25, -0.2) is 15.0 Å². The van der Waals surface area contributed by atoms with Crippen LogP contribution in [0.1, 0.15) is 16.7 Å². The van der Waals surface area contributed by atoms with Crippen molar-refractivity contribution in [1.29, 1.82) is 0 Å². The fourth-order valence-electron chi connectivity index (χ4n) is 2.89. The Hall–Kier alpha value is -2.50. The quantitative estimate of drug-likeness (QED) is 0.667. The molecule has 0 aliphatic rings. The van der Waals surface area contributed by atoms with Gasteiger partial charge in [-0.1, -0.05) is 29.3 Å². The molecule has 124 valence electrons. The molecule has 3 aromatic rings. The second kappa shape index (κ2) is 6.95. The minimum Gasteiger partial charge on any atom is -0.368 e. The van der Waals surface area contributed by atoms with E-state index >= 15 is 0 Å². The van der Waals surface area contributed by atoms with E-state index in [1.165, 1.54) is 5.56 Å². The molecule has 1 aromatic carbocycles. The molecule has 0 bridgehead atoms. The first-order chi connectivity index (χ1) is 11.0. The highest BCUT2D eigenvalue weighted by Gasteiger charge is 2.15. The zero-order chi connectivity index (χ0) is 16.6. The van der Waals surface area contributed by atoms with Gasteiger partial charge in [-0.15, -0.1) is 0 Å². The number of benzene rings is 1. The zero-order valence-corrected chi connectivity index (χ0v) is 14.7. The van der Waals surface area contributed by atoms with Crippen LogP contribution >= 0.6 is 11.6 Å². The third-order valence-corrected chi connectivity index (χ3v) is 3.98. The number of nitrogens with two attached hydrogens (primary N) is 1. The van der Waals surface area contributed by atoms with Crippen molar-refractivity contribution in [2.45, 2.75) is 20.8 Å². The normalized spacial score (nSPS) is 10.3. The van der Waals surface area contributed by atoms with Crippen LogP contribution in [0.5, 0.6) is 0 Å². The smallest absolute Gasteiger partial charge is 0.220 e. The maximum Gasteiger partial charge on any atom is 0.220 e. The van der Waals surface area contributed by atoms with Gasteiger partial charge in [-0.3, -0.25) is 0 Å². The number of nitrogen functional groups attached to an aromatic ring is 1. The SMILES string of the molecule is Cc1cc(C)c(-c2nc(N)ncc2-c2ccc(Cl)nc2)c(C)c1.N. The summed E-state index contributed by atoms with van der Waals surface area (Å²) in [5, 5.41) is 0.453. The molecule has 0 saturated carbocycles. The second-order valence-electron chi connectivity index (χ2n) is 5.63. The van der Waals surface area contributed by atoms with E-state index in [0.29, 0.717) is 5.15 Å². The molecule has 0 spiro atoms. The number of halogens is 1. The van der Waals surface area contributed by atoms with Gasteiger partial charge in [0, 0.05) is 29.1 Å². The molecule has 24 heavy (non-hydrogen) atoms. The highest BCUT2D eigenvalue weighted by atomic mass is 35.5. The molecule has 0 atom stereocenters. The summed E-state index contributed by atoms with van der Waals surface area (Å²) < 4.78 is 0. The lowest BCUT2D eigenvalue weighted by atomic mass is 9.93. The first kappa shape index (κ1) is 17.8. The van der Waals surface area contributed by atoms with E-state index in [0.717, 1.165) is 33.5 Å². The van der Waals surface area contributed by atoms with Gasteiger partial charge >= 0.3 is 0 Å². The van der Waals surface area contributed by atoms with Crippen molar-refractivity contribution in [2.24, 2.45) is 0 Å². The lowest BCUT2D eigenvalue weighted by molar-refractivity contribution is 1.17. The average Bonchev–Trinajstić information content (AvgIpc) is 2.47. The van der Waals surface area contributed by atoms with E-state index in [2.05, 4.69) is 47.9 Å². The Morgan fingerprint density at radius 3 is 2.21 bits per heavy atom. The van der Waals surface area contributed by atoms with Gasteiger partial charge < -0.3 is 11.9 Å². The van der Waals surface area contributed by atoms with Gasteiger partial charge in [-0.05, 0) is 44.0 Å². The van der Waals surface area contributed by atoms with E-state index in [4.69, 9.17) is 17.3 Å². The van der Waals surface area contributed by atoms with Crippen molar-refractivity contribution in [3.63, 3.8) is 0 Å². The fraction of sp³-hybridized carbons (Fsp3) is 0.167. The van der Waals surface area contributed by atoms with Crippen molar-refractivity contribution in [3.8, 4) is 22.4 Å². The van der Waals surface area contributed by atoms with E-state index < -0.39 is 0 Å². The standard InChI is InChI=1S/C18H17ClN4.H3N/c1-10-6-11(2)16(12(3)7-10)17-14(9-22-18(20)23-17)13-4-5-15(19)21-8-13;/h4-9H,1-3H3,(H2,20,22,23);1H3. The van der Waals surface area contributed by atoms with Crippen LogP contribution in [0, 0.1) is 20.8 Å². The van der Waals surface area contributed by atoms with Gasteiger partial charge in [0.2, 0.25) is 5.95 Å². The molecular formula is C18H20ClN5. The molecule has 6 heteroatoms. The maximum atomic E-state index is 5.89. The molecule has 0 aliphatic carbocycles. The minimum atomic E-state index is 0. The topological polar surface area (TPSA) is 99.7 Å². The van der Waals surface area contributed by atoms with E-state index in [9.17, 15) is 0 Å². The van der Waals surface area contributed by atoms with Crippen molar-refractivity contribution < 1.29 is 0 Å². The lowest BCUT2D eigenvalue weighted by Crippen LogP contribution is -2.01. The molecule has 2 heterocycles. The summed E-state index contributed by atoms with van der Waals surface area (Å²) in [5.41, 5.74) is 13.1. The molecule has 0 radical (unpaired) electrons. The number of rotatable bonds is 2. The number of anilines is 1. The molecular weight excluding hydrogens is 322 g/mol. The summed E-state index contributed by atoms with van der Waals surface area (Å²) in [6.07, 6.45) is 3.46. The number of aromatic nitrogens is 3. The van der Waals surface area contributed by atoms with Crippen LogP contribution in [0.25, 0.3) is 22.4 Å². The van der Waals surface area contributed by atoms with E-state index in [1.807, 2.05) is 6.07 Å². The third kappa shape index (κ3) is 3.37. The Kier molecular flexibility index (Phi) is 5.17. The molecule has 3 rings (SSSR count). The molecule has 5 N–H and O–H groups in total. The van der Waals surface area contributed by atoms with Crippen molar-refractivity contribution in [3.05, 3.63) is 58.5 Å².